The first-order valence-electron chi connectivity index (χ1n) is 7.03. The molecule has 0 aromatic carbocycles. The van der Waals surface area contributed by atoms with Crippen LogP contribution >= 0.6 is 0 Å². The lowest BCUT2D eigenvalue weighted by Gasteiger charge is -2.29. The van der Waals surface area contributed by atoms with Crippen LogP contribution in [0, 0.1) is 5.41 Å². The van der Waals surface area contributed by atoms with E-state index in [0.717, 1.165) is 11.9 Å². The van der Waals surface area contributed by atoms with E-state index < -0.39 is 18.0 Å². The van der Waals surface area contributed by atoms with Gasteiger partial charge >= 0.3 is 11.9 Å². The molecule has 1 aliphatic carbocycles. The van der Waals surface area contributed by atoms with E-state index in [2.05, 4.69) is 0 Å². The molecule has 0 spiro atoms. The van der Waals surface area contributed by atoms with Crippen molar-refractivity contribution >= 4 is 18.2 Å². The van der Waals surface area contributed by atoms with E-state index in [9.17, 15) is 14.4 Å². The molecule has 0 amide bonds. The van der Waals surface area contributed by atoms with Crippen molar-refractivity contribution in [3.63, 3.8) is 0 Å². The summed E-state index contributed by atoms with van der Waals surface area (Å²) in [6.07, 6.45) is 5.09. The Morgan fingerprint density at radius 1 is 1.32 bits per heavy atom. The second kappa shape index (κ2) is 7.20. The van der Waals surface area contributed by atoms with Gasteiger partial charge in [-0.05, 0) is 31.1 Å². The highest BCUT2D eigenvalue weighted by molar-refractivity contribution is 5.84. The van der Waals surface area contributed by atoms with Crippen LogP contribution in [0.15, 0.2) is 34.9 Å². The van der Waals surface area contributed by atoms with Gasteiger partial charge in [0, 0.05) is 24.0 Å². The van der Waals surface area contributed by atoms with E-state index in [4.69, 9.17) is 9.47 Å². The molecule has 1 rings (SSSR count). The van der Waals surface area contributed by atoms with E-state index in [0.29, 0.717) is 11.1 Å². The van der Waals surface area contributed by atoms with Gasteiger partial charge in [-0.15, -0.1) is 0 Å². The molecule has 1 aliphatic rings. The van der Waals surface area contributed by atoms with Gasteiger partial charge in [0.1, 0.15) is 19.0 Å². The van der Waals surface area contributed by atoms with Gasteiger partial charge in [0.25, 0.3) is 0 Å². The van der Waals surface area contributed by atoms with Crippen LogP contribution in [0.1, 0.15) is 34.6 Å². The molecule has 0 heterocycles. The first kappa shape index (κ1) is 17.9. The third-order valence-corrected chi connectivity index (χ3v) is 3.35. The quantitative estimate of drug-likeness (QED) is 0.338. The largest absolute Gasteiger partial charge is 0.461 e. The lowest BCUT2D eigenvalue weighted by atomic mass is 9.78. The van der Waals surface area contributed by atoms with Crippen LogP contribution in [-0.2, 0) is 23.9 Å². The van der Waals surface area contributed by atoms with Crippen molar-refractivity contribution in [2.45, 2.75) is 40.7 Å². The van der Waals surface area contributed by atoms with Crippen molar-refractivity contribution in [1.29, 1.82) is 0 Å². The van der Waals surface area contributed by atoms with E-state index in [1.807, 2.05) is 26.8 Å². The molecule has 1 atom stereocenters. The highest BCUT2D eigenvalue weighted by Crippen LogP contribution is 2.34. The zero-order valence-corrected chi connectivity index (χ0v) is 13.6. The Labute approximate surface area is 130 Å². The monoisotopic (exact) mass is 306 g/mol. The summed E-state index contributed by atoms with van der Waals surface area (Å²) in [6, 6.07) is 0. The summed E-state index contributed by atoms with van der Waals surface area (Å²) in [5.74, 6) is -0.948. The molecule has 0 aromatic rings. The molecule has 0 fully saturated rings. The Hall–Kier alpha value is -2.17. The summed E-state index contributed by atoms with van der Waals surface area (Å²) in [4.78, 5) is 33.7. The van der Waals surface area contributed by atoms with Crippen LogP contribution in [0.25, 0.3) is 0 Å². The Morgan fingerprint density at radius 3 is 2.50 bits per heavy atom. The summed E-state index contributed by atoms with van der Waals surface area (Å²) in [7, 11) is 0. The molecule has 1 unspecified atom stereocenters. The van der Waals surface area contributed by atoms with Gasteiger partial charge in [0.2, 0.25) is 0 Å². The number of hydrogen-bond donors (Lipinski definition) is 0. The molecule has 0 bridgehead atoms. The van der Waals surface area contributed by atoms with Crippen molar-refractivity contribution in [3.05, 3.63) is 34.9 Å². The zero-order valence-electron chi connectivity index (χ0n) is 13.6. The molecule has 0 saturated carbocycles. The summed E-state index contributed by atoms with van der Waals surface area (Å²) < 4.78 is 10.1. The minimum absolute atomic E-state index is 0.0480. The molecule has 0 aliphatic heterocycles. The van der Waals surface area contributed by atoms with Crippen LogP contribution < -0.4 is 0 Å². The maximum atomic E-state index is 11.9. The highest BCUT2D eigenvalue weighted by Gasteiger charge is 2.29. The molecule has 0 N–H and O–H groups in total. The average molecular weight is 306 g/mol. The van der Waals surface area contributed by atoms with Crippen molar-refractivity contribution < 1.29 is 23.9 Å². The minimum atomic E-state index is -0.557. The maximum Gasteiger partial charge on any atom is 0.331 e. The summed E-state index contributed by atoms with van der Waals surface area (Å²) in [6.45, 7) is 8.73. The maximum absolute atomic E-state index is 11.9. The predicted octanol–water partition coefficient (Wildman–Crippen LogP) is 2.52. The third kappa shape index (κ3) is 4.98. The lowest BCUT2D eigenvalue weighted by molar-refractivity contribution is -0.141. The predicted molar refractivity (Wildman–Crippen MR) is 82.0 cm³/mol. The molecule has 0 radical (unpaired) electrons. The van der Waals surface area contributed by atoms with Crippen molar-refractivity contribution in [1.82, 2.24) is 0 Å². The number of allylic oxidation sites excluding steroid dienone is 2. The standard InChI is InChI=1S/C17H22O5/c1-11(10-21-13(3)19)6-16(20)22-15-7-14(9-18)17(4,5)8-12(15)2/h6-9,15H,10H2,1-5H3. The molecular formula is C17H22O5. The zero-order chi connectivity index (χ0) is 16.9. The fraction of sp³-hybridized carbons (Fsp3) is 0.471. The Kier molecular flexibility index (Phi) is 5.85. The summed E-state index contributed by atoms with van der Waals surface area (Å²) >= 11 is 0. The van der Waals surface area contributed by atoms with Gasteiger partial charge in [-0.3, -0.25) is 9.59 Å². The smallest absolute Gasteiger partial charge is 0.331 e. The van der Waals surface area contributed by atoms with Crippen LogP contribution in [0.4, 0.5) is 0 Å². The normalized spacial score (nSPS) is 20.6. The van der Waals surface area contributed by atoms with Gasteiger partial charge in [-0.1, -0.05) is 19.9 Å². The summed E-state index contributed by atoms with van der Waals surface area (Å²) in [5.41, 5.74) is 1.67. The Bertz CT molecular complexity index is 564. The molecule has 0 aromatic heterocycles. The van der Waals surface area contributed by atoms with Crippen LogP contribution in [0.3, 0.4) is 0 Å². The second-order valence-corrected chi connectivity index (χ2v) is 5.98. The Morgan fingerprint density at radius 2 is 1.95 bits per heavy atom. The van der Waals surface area contributed by atoms with Crippen molar-refractivity contribution in [3.8, 4) is 0 Å². The molecule has 5 heteroatoms. The van der Waals surface area contributed by atoms with E-state index >= 15 is 0 Å². The van der Waals surface area contributed by atoms with E-state index in [-0.39, 0.29) is 12.0 Å². The van der Waals surface area contributed by atoms with Crippen LogP contribution in [-0.4, -0.2) is 30.9 Å². The fourth-order valence-corrected chi connectivity index (χ4v) is 2.18. The Balaban J connectivity index is 2.76. The number of rotatable bonds is 5. The third-order valence-electron chi connectivity index (χ3n) is 3.35. The molecule has 5 nitrogen and oxygen atoms in total. The SMILES string of the molecule is CC(=O)OCC(C)=CC(=O)OC1C=C(C=O)C(C)(C)C=C1C. The molecule has 120 valence electrons. The number of hydrogen-bond acceptors (Lipinski definition) is 5. The molecule has 22 heavy (non-hydrogen) atoms. The number of carbonyl (C=O) groups excluding carboxylic acids is 3. The lowest BCUT2D eigenvalue weighted by Crippen LogP contribution is -2.26. The average Bonchev–Trinajstić information content (AvgIpc) is 2.38. The van der Waals surface area contributed by atoms with Gasteiger partial charge in [-0.2, -0.15) is 0 Å². The highest BCUT2D eigenvalue weighted by atomic mass is 16.5. The van der Waals surface area contributed by atoms with Gasteiger partial charge in [0.15, 0.2) is 0 Å². The van der Waals surface area contributed by atoms with Gasteiger partial charge in [0.05, 0.1) is 0 Å². The van der Waals surface area contributed by atoms with E-state index in [1.165, 1.54) is 13.0 Å². The van der Waals surface area contributed by atoms with Crippen LogP contribution in [0.5, 0.6) is 0 Å². The second-order valence-electron chi connectivity index (χ2n) is 5.98. The number of aldehydes is 1. The first-order chi connectivity index (χ1) is 10.2. The minimum Gasteiger partial charge on any atom is -0.461 e. The number of ether oxygens (including phenoxy) is 2. The molecular weight excluding hydrogens is 284 g/mol. The van der Waals surface area contributed by atoms with E-state index in [1.54, 1.807) is 13.0 Å². The summed E-state index contributed by atoms with van der Waals surface area (Å²) in [5, 5.41) is 0. The first-order valence-corrected chi connectivity index (χ1v) is 7.03. The number of carbonyl (C=O) groups is 3. The fourth-order valence-electron chi connectivity index (χ4n) is 2.18. The molecule has 0 saturated heterocycles. The van der Waals surface area contributed by atoms with Crippen molar-refractivity contribution in [2.24, 2.45) is 5.41 Å². The number of esters is 2. The van der Waals surface area contributed by atoms with Crippen molar-refractivity contribution in [2.75, 3.05) is 6.61 Å². The topological polar surface area (TPSA) is 69.7 Å². The van der Waals surface area contributed by atoms with Gasteiger partial charge in [-0.25, -0.2) is 4.79 Å². The van der Waals surface area contributed by atoms with Gasteiger partial charge < -0.3 is 9.47 Å². The van der Waals surface area contributed by atoms with Crippen LogP contribution in [0.2, 0.25) is 0 Å².